The van der Waals surface area contributed by atoms with Gasteiger partial charge in [-0.2, -0.15) is 9.97 Å². The van der Waals surface area contributed by atoms with Gasteiger partial charge >= 0.3 is 19.9 Å². The summed E-state index contributed by atoms with van der Waals surface area (Å²) in [6.45, 7) is 8.40. The van der Waals surface area contributed by atoms with Gasteiger partial charge in [0.15, 0.2) is 23.2 Å². The molecule has 17 nitrogen and oxygen atoms in total. The van der Waals surface area contributed by atoms with Crippen molar-refractivity contribution in [3.8, 4) is 12.3 Å². The number of aromatic nitrogens is 4. The molecule has 1 saturated heterocycles. The lowest BCUT2D eigenvalue weighted by atomic mass is 9.97. The van der Waals surface area contributed by atoms with Gasteiger partial charge in [0.25, 0.3) is 0 Å². The van der Waals surface area contributed by atoms with Gasteiger partial charge in [-0.3, -0.25) is 18.4 Å². The fourth-order valence-electron chi connectivity index (χ4n) is 4.54. The number of rotatable bonds is 15. The molecule has 1 unspecified atom stereocenters. The number of esters is 1. The molecule has 4 N–H and O–H groups in total. The zero-order valence-corrected chi connectivity index (χ0v) is 28.5. The van der Waals surface area contributed by atoms with Crippen LogP contribution in [0.5, 0.6) is 0 Å². The number of hydrogen-bond acceptors (Lipinski definition) is 15. The molecule has 2 aromatic heterocycles. The van der Waals surface area contributed by atoms with Gasteiger partial charge in [-0.05, 0) is 40.0 Å². The fraction of sp³-hybridized carbons (Fsp3) is 0.679. The molecule has 0 amide bonds. The Kier molecular flexibility index (Phi) is 12.5. The smallest absolute Gasteiger partial charge is 0.462 e. The summed E-state index contributed by atoms with van der Waals surface area (Å²) in [7, 11) is -1.20. The van der Waals surface area contributed by atoms with Gasteiger partial charge in [-0.1, -0.05) is 19.8 Å². The van der Waals surface area contributed by atoms with Crippen molar-refractivity contribution in [2.45, 2.75) is 90.3 Å². The van der Waals surface area contributed by atoms with Gasteiger partial charge in [-0.25, -0.2) is 23.8 Å². The van der Waals surface area contributed by atoms with Crippen molar-refractivity contribution >= 4 is 42.8 Å². The molecule has 1 fully saturated rings. The van der Waals surface area contributed by atoms with E-state index in [-0.39, 0.29) is 29.5 Å². The molecule has 0 aromatic carbocycles. The Morgan fingerprint density at radius 2 is 1.87 bits per heavy atom. The lowest BCUT2D eigenvalue weighted by Crippen LogP contribution is -2.43. The number of hydrogen-bond donors (Lipinski definition) is 3. The van der Waals surface area contributed by atoms with Crippen molar-refractivity contribution in [2.24, 2.45) is 5.92 Å². The predicted molar refractivity (Wildman–Crippen MR) is 166 cm³/mol. The summed E-state index contributed by atoms with van der Waals surface area (Å²) in [6, 6.07) is -1.20. The number of carbonyl (C=O) groups excluding carboxylic acids is 2. The predicted octanol–water partition coefficient (Wildman–Crippen LogP) is 2.69. The minimum Gasteiger partial charge on any atom is -0.462 e. The normalized spacial score (nSPS) is 23.1. The van der Waals surface area contributed by atoms with E-state index in [9.17, 15) is 19.3 Å². The number of nitrogens with one attached hydrogen (secondary N) is 1. The van der Waals surface area contributed by atoms with E-state index in [1.165, 1.54) is 6.33 Å². The number of imidazole rings is 1. The van der Waals surface area contributed by atoms with E-state index >= 15 is 4.39 Å². The number of carbonyl (C=O) groups is 2. The second kappa shape index (κ2) is 15.5. The molecule has 262 valence electrons. The van der Waals surface area contributed by atoms with Crippen molar-refractivity contribution < 1.29 is 51.6 Å². The number of aliphatic hydroxyl groups excluding tert-OH is 1. The highest BCUT2D eigenvalue weighted by Crippen LogP contribution is 2.48. The number of ether oxygens (including phenoxy) is 4. The number of halogens is 1. The maximum Gasteiger partial charge on any atom is 0.510 e. The Morgan fingerprint density at radius 3 is 2.45 bits per heavy atom. The van der Waals surface area contributed by atoms with Crippen LogP contribution in [0.15, 0.2) is 6.33 Å². The van der Waals surface area contributed by atoms with Crippen LogP contribution in [0.4, 0.5) is 21.0 Å². The van der Waals surface area contributed by atoms with Gasteiger partial charge in [0.2, 0.25) is 18.4 Å². The Labute approximate surface area is 272 Å². The van der Waals surface area contributed by atoms with Crippen LogP contribution in [0.2, 0.25) is 0 Å². The van der Waals surface area contributed by atoms with Crippen LogP contribution < -0.4 is 15.7 Å². The van der Waals surface area contributed by atoms with Crippen LogP contribution in [-0.2, 0) is 37.4 Å². The number of nitrogens with zero attached hydrogens (tertiary/aromatic N) is 5. The number of nitrogens with two attached hydrogens (primary N) is 1. The van der Waals surface area contributed by atoms with E-state index in [0.29, 0.717) is 5.82 Å². The Hall–Kier alpha value is -3.59. The third-order valence-corrected chi connectivity index (χ3v) is 8.12. The molecule has 1 aliphatic rings. The summed E-state index contributed by atoms with van der Waals surface area (Å²) >= 11 is 0. The highest BCUT2D eigenvalue weighted by atomic mass is 31.2. The number of aliphatic hydroxyl groups is 1. The second-order valence-electron chi connectivity index (χ2n) is 11.9. The van der Waals surface area contributed by atoms with E-state index < -0.39 is 75.6 Å². The molecule has 2 aromatic rings. The third kappa shape index (κ3) is 9.28. The van der Waals surface area contributed by atoms with Crippen molar-refractivity contribution in [2.75, 3.05) is 38.1 Å². The number of terminal acetylenes is 1. The molecule has 3 rings (SSSR count). The number of anilines is 2. The van der Waals surface area contributed by atoms with Gasteiger partial charge in [0.05, 0.1) is 25.1 Å². The van der Waals surface area contributed by atoms with Gasteiger partial charge in [-0.15, -0.1) is 6.42 Å². The summed E-state index contributed by atoms with van der Waals surface area (Å²) in [5.74, 6) is 1.31. The maximum absolute atomic E-state index is 16.3. The molecule has 3 heterocycles. The Bertz CT molecular complexity index is 1500. The lowest BCUT2D eigenvalue weighted by Gasteiger charge is -2.27. The quantitative estimate of drug-likeness (QED) is 0.106. The summed E-state index contributed by atoms with van der Waals surface area (Å²) in [5, 5.41) is 13.6. The minimum atomic E-state index is -4.60. The number of alkyl halides is 1. The molecule has 6 atom stereocenters. The molecule has 0 bridgehead atoms. The van der Waals surface area contributed by atoms with E-state index in [1.54, 1.807) is 46.7 Å². The lowest BCUT2D eigenvalue weighted by molar-refractivity contribution is -0.150. The van der Waals surface area contributed by atoms with Crippen LogP contribution in [0, 0.1) is 18.3 Å². The average molecular weight is 688 g/mol. The highest BCUT2D eigenvalue weighted by molar-refractivity contribution is 7.51. The van der Waals surface area contributed by atoms with Crippen molar-refractivity contribution in [1.82, 2.24) is 24.6 Å². The average Bonchev–Trinajstić information content (AvgIpc) is 3.48. The molecule has 19 heteroatoms. The molecule has 0 spiro atoms. The first-order valence-electron chi connectivity index (χ1n) is 14.8. The fourth-order valence-corrected chi connectivity index (χ4v) is 5.89. The molecular formula is C28H43FN7O10P. The SMILES string of the molecule is C#C[C@@]1(F)[C@H](O)[C@@H](COP(=O)(N[C@@H](CC(C)C)C(=O)OC(C)C)OCOC(=O)OC(C)C)O[C@H]1n1cnc2c(N(C)C)nc(N)nc21. The van der Waals surface area contributed by atoms with Crippen molar-refractivity contribution in [3.05, 3.63) is 6.33 Å². The summed E-state index contributed by atoms with van der Waals surface area (Å²) in [6.07, 6.45) is -0.479. The standard InChI is InChI=1S/C28H43FN7O10P/c1-10-28(29)21(37)19(46-25(28)36-13-31-20-22(35(8)9)32-26(30)33-23(20)36)12-42-47(40,43-14-41-27(39)45-17(6)7)34-18(11-15(2)3)24(38)44-16(4)5/h1,13,15-19,21,25,37H,11-12,14H2,2-9H3,(H,34,40)(H2,30,32,33)/t18-,19+,21+,25+,28+,47?/m0/s1. The summed E-state index contributed by atoms with van der Waals surface area (Å²) < 4.78 is 63.2. The topological polar surface area (TPSA) is 212 Å². The summed E-state index contributed by atoms with van der Waals surface area (Å²) in [5.41, 5.74) is 3.34. The van der Waals surface area contributed by atoms with Crippen molar-refractivity contribution in [1.29, 1.82) is 0 Å². The zero-order valence-electron chi connectivity index (χ0n) is 27.6. The molecular weight excluding hydrogens is 644 g/mol. The minimum absolute atomic E-state index is 0.0681. The number of fused-ring (bicyclic) bond motifs is 1. The van der Waals surface area contributed by atoms with Crippen LogP contribution in [0.3, 0.4) is 0 Å². The van der Waals surface area contributed by atoms with Crippen LogP contribution in [0.1, 0.15) is 54.2 Å². The monoisotopic (exact) mass is 687 g/mol. The zero-order chi connectivity index (χ0) is 35.3. The van der Waals surface area contributed by atoms with Crippen LogP contribution in [0.25, 0.3) is 11.2 Å². The van der Waals surface area contributed by atoms with Gasteiger partial charge in [0, 0.05) is 14.1 Å². The highest BCUT2D eigenvalue weighted by Gasteiger charge is 2.58. The molecule has 47 heavy (non-hydrogen) atoms. The Morgan fingerprint density at radius 1 is 1.21 bits per heavy atom. The van der Waals surface area contributed by atoms with E-state index in [4.69, 9.17) is 40.2 Å². The number of nitrogen functional groups attached to an aromatic ring is 1. The van der Waals surface area contributed by atoms with Gasteiger partial charge < -0.3 is 34.7 Å². The third-order valence-electron chi connectivity index (χ3n) is 6.56. The molecule has 0 saturated carbocycles. The van der Waals surface area contributed by atoms with E-state index in [0.717, 1.165) is 4.57 Å². The van der Waals surface area contributed by atoms with E-state index in [2.05, 4.69) is 20.0 Å². The molecule has 1 aliphatic heterocycles. The van der Waals surface area contributed by atoms with Crippen LogP contribution in [-0.4, -0.2) is 100 Å². The van der Waals surface area contributed by atoms with Crippen LogP contribution >= 0.6 is 7.75 Å². The first-order valence-corrected chi connectivity index (χ1v) is 16.3. The Balaban J connectivity index is 1.90. The first-order chi connectivity index (χ1) is 21.9. The van der Waals surface area contributed by atoms with Crippen molar-refractivity contribution in [3.63, 3.8) is 0 Å². The maximum atomic E-state index is 16.3. The van der Waals surface area contributed by atoms with E-state index in [1.807, 2.05) is 19.8 Å². The molecule has 0 radical (unpaired) electrons. The summed E-state index contributed by atoms with van der Waals surface area (Å²) in [4.78, 5) is 39.0. The van der Waals surface area contributed by atoms with Gasteiger partial charge in [0.1, 0.15) is 18.2 Å². The second-order valence-corrected chi connectivity index (χ2v) is 13.7. The molecule has 0 aliphatic carbocycles. The first kappa shape index (κ1) is 37.9. The largest absolute Gasteiger partial charge is 0.510 e.